The van der Waals surface area contributed by atoms with Crippen molar-refractivity contribution in [1.29, 1.82) is 0 Å². The number of halogens is 6. The van der Waals surface area contributed by atoms with Crippen LogP contribution in [0.4, 0.5) is 32.0 Å². The number of nitrogens with one attached hydrogen (secondary N) is 2. The standard InChI is InChI=1S/C11H10F6N2O/c12-10(13,14)6-18-5-9(20)19-8-3-1-2-7(4-8)11(15,16)17/h1-4,18H,5-6H2,(H,19,20). The molecule has 20 heavy (non-hydrogen) atoms. The molecule has 0 heterocycles. The van der Waals surface area contributed by atoms with Crippen molar-refractivity contribution in [3.63, 3.8) is 0 Å². The summed E-state index contributed by atoms with van der Waals surface area (Å²) < 4.78 is 72.6. The first-order valence-electron chi connectivity index (χ1n) is 5.32. The average Bonchev–Trinajstić information content (AvgIpc) is 2.26. The summed E-state index contributed by atoms with van der Waals surface area (Å²) in [6.45, 7) is -2.02. The molecule has 9 heteroatoms. The van der Waals surface area contributed by atoms with Gasteiger partial charge in [-0.1, -0.05) is 6.07 Å². The van der Waals surface area contributed by atoms with E-state index in [0.29, 0.717) is 6.07 Å². The minimum atomic E-state index is -4.56. The summed E-state index contributed by atoms with van der Waals surface area (Å²) in [5.74, 6) is -0.867. The van der Waals surface area contributed by atoms with Crippen LogP contribution in [0.3, 0.4) is 0 Å². The molecule has 0 atom stereocenters. The molecule has 0 aromatic heterocycles. The van der Waals surface area contributed by atoms with Crippen molar-refractivity contribution in [3.8, 4) is 0 Å². The SMILES string of the molecule is O=C(CNCC(F)(F)F)Nc1cccc(C(F)(F)F)c1. The molecular weight excluding hydrogens is 290 g/mol. The summed E-state index contributed by atoms with van der Waals surface area (Å²) in [5, 5.41) is 3.90. The Morgan fingerprint density at radius 3 is 2.30 bits per heavy atom. The zero-order valence-electron chi connectivity index (χ0n) is 9.90. The number of carbonyl (C=O) groups is 1. The maximum atomic E-state index is 12.4. The normalized spacial score (nSPS) is 12.3. The molecule has 1 aromatic carbocycles. The van der Waals surface area contributed by atoms with Crippen molar-refractivity contribution in [2.45, 2.75) is 12.4 Å². The molecule has 1 aromatic rings. The molecule has 0 fully saturated rings. The number of hydrogen-bond donors (Lipinski definition) is 2. The number of amides is 1. The minimum absolute atomic E-state index is 0.140. The van der Waals surface area contributed by atoms with E-state index < -0.39 is 36.9 Å². The summed E-state index contributed by atoms with van der Waals surface area (Å²) in [7, 11) is 0. The Morgan fingerprint density at radius 2 is 1.75 bits per heavy atom. The van der Waals surface area contributed by atoms with Crippen LogP contribution in [0.2, 0.25) is 0 Å². The second kappa shape index (κ2) is 6.12. The van der Waals surface area contributed by atoms with Gasteiger partial charge in [0.1, 0.15) is 0 Å². The highest BCUT2D eigenvalue weighted by Crippen LogP contribution is 2.30. The largest absolute Gasteiger partial charge is 0.416 e. The van der Waals surface area contributed by atoms with Crippen molar-refractivity contribution in [2.75, 3.05) is 18.4 Å². The predicted octanol–water partition coefficient (Wildman–Crippen LogP) is 2.80. The van der Waals surface area contributed by atoms with Gasteiger partial charge in [0.05, 0.1) is 18.7 Å². The first-order chi connectivity index (χ1) is 9.08. The average molecular weight is 300 g/mol. The Hall–Kier alpha value is -1.77. The molecule has 1 amide bonds. The van der Waals surface area contributed by atoms with E-state index in [0.717, 1.165) is 12.1 Å². The van der Waals surface area contributed by atoms with E-state index in [1.165, 1.54) is 6.07 Å². The van der Waals surface area contributed by atoms with Crippen LogP contribution >= 0.6 is 0 Å². The van der Waals surface area contributed by atoms with Gasteiger partial charge in [0.15, 0.2) is 0 Å². The Kier molecular flexibility index (Phi) is 4.98. The molecule has 0 bridgehead atoms. The van der Waals surface area contributed by atoms with Gasteiger partial charge in [-0.15, -0.1) is 0 Å². The van der Waals surface area contributed by atoms with E-state index in [9.17, 15) is 31.1 Å². The lowest BCUT2D eigenvalue weighted by Gasteiger charge is -2.11. The van der Waals surface area contributed by atoms with Crippen LogP contribution in [0, 0.1) is 0 Å². The van der Waals surface area contributed by atoms with Crippen molar-refractivity contribution in [3.05, 3.63) is 29.8 Å². The molecule has 0 saturated carbocycles. The summed E-state index contributed by atoms with van der Waals surface area (Å²) in [6.07, 6.45) is -9.02. The number of rotatable bonds is 4. The molecule has 0 aliphatic heterocycles. The third kappa shape index (κ3) is 5.91. The maximum absolute atomic E-state index is 12.4. The Bertz CT molecular complexity index is 469. The molecule has 0 aliphatic rings. The maximum Gasteiger partial charge on any atom is 0.416 e. The molecule has 2 N–H and O–H groups in total. The summed E-state index contributed by atoms with van der Waals surface area (Å²) in [6, 6.07) is 3.80. The molecular formula is C11H10F6N2O. The second-order valence-corrected chi connectivity index (χ2v) is 3.85. The number of hydrogen-bond acceptors (Lipinski definition) is 2. The van der Waals surface area contributed by atoms with Gasteiger partial charge in [0, 0.05) is 5.69 Å². The monoisotopic (exact) mass is 300 g/mol. The fourth-order valence-electron chi connectivity index (χ4n) is 1.30. The molecule has 3 nitrogen and oxygen atoms in total. The summed E-state index contributed by atoms with van der Waals surface area (Å²) in [4.78, 5) is 11.2. The third-order valence-electron chi connectivity index (χ3n) is 2.08. The number of alkyl halides is 6. The number of benzene rings is 1. The highest BCUT2D eigenvalue weighted by Gasteiger charge is 2.30. The lowest BCUT2D eigenvalue weighted by Crippen LogP contribution is -2.35. The molecule has 112 valence electrons. The van der Waals surface area contributed by atoms with Gasteiger partial charge < -0.3 is 10.6 Å². The van der Waals surface area contributed by atoms with E-state index in [1.807, 2.05) is 5.32 Å². The van der Waals surface area contributed by atoms with E-state index in [1.54, 1.807) is 0 Å². The lowest BCUT2D eigenvalue weighted by molar-refractivity contribution is -0.137. The van der Waals surface area contributed by atoms with Crippen LogP contribution < -0.4 is 10.6 Å². The first kappa shape index (κ1) is 16.3. The zero-order chi connectivity index (χ0) is 15.4. The molecule has 0 spiro atoms. The predicted molar refractivity (Wildman–Crippen MR) is 59.0 cm³/mol. The van der Waals surface area contributed by atoms with Crippen molar-refractivity contribution in [1.82, 2.24) is 5.32 Å². The van der Waals surface area contributed by atoms with Gasteiger partial charge in [0.25, 0.3) is 0 Å². The van der Waals surface area contributed by atoms with E-state index >= 15 is 0 Å². The quantitative estimate of drug-likeness (QED) is 0.840. The Labute approximate surface area is 110 Å². The molecule has 1 rings (SSSR count). The van der Waals surface area contributed by atoms with Crippen LogP contribution in [0.5, 0.6) is 0 Å². The second-order valence-electron chi connectivity index (χ2n) is 3.85. The van der Waals surface area contributed by atoms with Gasteiger partial charge in [-0.05, 0) is 18.2 Å². The van der Waals surface area contributed by atoms with E-state index in [2.05, 4.69) is 5.32 Å². The van der Waals surface area contributed by atoms with Crippen LogP contribution in [0.25, 0.3) is 0 Å². The van der Waals surface area contributed by atoms with Gasteiger partial charge in [-0.2, -0.15) is 26.3 Å². The Morgan fingerprint density at radius 1 is 1.10 bits per heavy atom. The van der Waals surface area contributed by atoms with E-state index in [4.69, 9.17) is 0 Å². The van der Waals surface area contributed by atoms with Gasteiger partial charge in [0.2, 0.25) is 5.91 Å². The summed E-state index contributed by atoms with van der Waals surface area (Å²) in [5.41, 5.74) is -1.10. The smallest absolute Gasteiger partial charge is 0.325 e. The molecule has 0 saturated heterocycles. The van der Waals surface area contributed by atoms with Crippen molar-refractivity contribution >= 4 is 11.6 Å². The highest BCUT2D eigenvalue weighted by atomic mass is 19.4. The fraction of sp³-hybridized carbons (Fsp3) is 0.364. The van der Waals surface area contributed by atoms with Gasteiger partial charge >= 0.3 is 12.4 Å². The summed E-state index contributed by atoms with van der Waals surface area (Å²) >= 11 is 0. The van der Waals surface area contributed by atoms with E-state index in [-0.39, 0.29) is 5.69 Å². The fourth-order valence-corrected chi connectivity index (χ4v) is 1.30. The minimum Gasteiger partial charge on any atom is -0.325 e. The van der Waals surface area contributed by atoms with Gasteiger partial charge in [-0.3, -0.25) is 4.79 Å². The van der Waals surface area contributed by atoms with Gasteiger partial charge in [-0.25, -0.2) is 0 Å². The third-order valence-corrected chi connectivity index (χ3v) is 2.08. The van der Waals surface area contributed by atoms with Crippen molar-refractivity contribution < 1.29 is 31.1 Å². The molecule has 0 aliphatic carbocycles. The topological polar surface area (TPSA) is 41.1 Å². The highest BCUT2D eigenvalue weighted by molar-refractivity contribution is 5.92. The molecule has 0 unspecified atom stereocenters. The number of anilines is 1. The van der Waals surface area contributed by atoms with Crippen LogP contribution in [-0.4, -0.2) is 25.2 Å². The first-order valence-corrected chi connectivity index (χ1v) is 5.32. The Balaban J connectivity index is 2.54. The zero-order valence-corrected chi connectivity index (χ0v) is 9.90. The number of carbonyl (C=O) groups excluding carboxylic acids is 1. The lowest BCUT2D eigenvalue weighted by atomic mass is 10.2. The van der Waals surface area contributed by atoms with Crippen LogP contribution in [0.15, 0.2) is 24.3 Å². The van der Waals surface area contributed by atoms with Crippen LogP contribution in [-0.2, 0) is 11.0 Å². The van der Waals surface area contributed by atoms with Crippen LogP contribution in [0.1, 0.15) is 5.56 Å². The molecule has 0 radical (unpaired) electrons. The van der Waals surface area contributed by atoms with Crippen molar-refractivity contribution in [2.24, 2.45) is 0 Å².